The average molecular weight is 201 g/mol. The molecular formula is C11H23NO2. The van der Waals surface area contributed by atoms with Crippen molar-refractivity contribution in [2.75, 3.05) is 14.2 Å². The molecule has 0 saturated carbocycles. The molecule has 0 fully saturated rings. The fraction of sp³-hybridized carbons (Fsp3) is 0.909. The third-order valence-electron chi connectivity index (χ3n) is 3.05. The maximum absolute atomic E-state index is 11.7. The number of methoxy groups -OCH3 is 1. The van der Waals surface area contributed by atoms with E-state index in [0.717, 1.165) is 19.3 Å². The molecule has 0 amide bonds. The summed E-state index contributed by atoms with van der Waals surface area (Å²) < 4.78 is 4.84. The summed E-state index contributed by atoms with van der Waals surface area (Å²) in [4.78, 5) is 11.7. The Bertz CT molecular complexity index is 176. The van der Waals surface area contributed by atoms with Crippen molar-refractivity contribution in [3.8, 4) is 0 Å². The topological polar surface area (TPSA) is 38.3 Å². The van der Waals surface area contributed by atoms with Gasteiger partial charge in [0, 0.05) is 0 Å². The standard InChI is InChI=1S/C11H23NO2/c1-6-9(3)8-11(7-2,12-4)10(13)14-5/h9,12H,6-8H2,1-5H3. The Morgan fingerprint density at radius 2 is 2.07 bits per heavy atom. The number of hydrogen-bond acceptors (Lipinski definition) is 3. The predicted molar refractivity (Wildman–Crippen MR) is 58.2 cm³/mol. The maximum atomic E-state index is 11.7. The van der Waals surface area contributed by atoms with Crippen LogP contribution in [-0.4, -0.2) is 25.7 Å². The molecule has 2 atom stereocenters. The Hall–Kier alpha value is -0.570. The summed E-state index contributed by atoms with van der Waals surface area (Å²) >= 11 is 0. The van der Waals surface area contributed by atoms with Crippen LogP contribution >= 0.6 is 0 Å². The number of esters is 1. The monoisotopic (exact) mass is 201 g/mol. The summed E-state index contributed by atoms with van der Waals surface area (Å²) in [5.41, 5.74) is -0.496. The number of hydrogen-bond donors (Lipinski definition) is 1. The van der Waals surface area contributed by atoms with Gasteiger partial charge in [0.15, 0.2) is 0 Å². The van der Waals surface area contributed by atoms with Gasteiger partial charge in [0.05, 0.1) is 7.11 Å². The van der Waals surface area contributed by atoms with Gasteiger partial charge in [-0.3, -0.25) is 4.79 Å². The van der Waals surface area contributed by atoms with Gasteiger partial charge in [0.2, 0.25) is 0 Å². The lowest BCUT2D eigenvalue weighted by Gasteiger charge is -2.31. The van der Waals surface area contributed by atoms with Crippen LogP contribution < -0.4 is 5.32 Å². The zero-order valence-corrected chi connectivity index (χ0v) is 10.0. The third kappa shape index (κ3) is 2.98. The molecule has 2 unspecified atom stereocenters. The first-order chi connectivity index (χ1) is 6.56. The second-order valence-electron chi connectivity index (χ2n) is 3.89. The highest BCUT2D eigenvalue weighted by Gasteiger charge is 2.36. The van der Waals surface area contributed by atoms with E-state index >= 15 is 0 Å². The minimum absolute atomic E-state index is 0.150. The van der Waals surface area contributed by atoms with Gasteiger partial charge in [-0.1, -0.05) is 27.2 Å². The second kappa shape index (κ2) is 6.02. The first-order valence-corrected chi connectivity index (χ1v) is 5.33. The van der Waals surface area contributed by atoms with Gasteiger partial charge in [-0.25, -0.2) is 0 Å². The molecule has 14 heavy (non-hydrogen) atoms. The zero-order chi connectivity index (χ0) is 11.2. The van der Waals surface area contributed by atoms with Crippen LogP contribution in [0.15, 0.2) is 0 Å². The van der Waals surface area contributed by atoms with Crippen LogP contribution in [0.1, 0.15) is 40.0 Å². The fourth-order valence-electron chi connectivity index (χ4n) is 1.69. The summed E-state index contributed by atoms with van der Waals surface area (Å²) in [6.45, 7) is 6.30. The average Bonchev–Trinajstić information content (AvgIpc) is 2.24. The van der Waals surface area contributed by atoms with E-state index in [4.69, 9.17) is 4.74 Å². The SMILES string of the molecule is CCC(C)CC(CC)(NC)C(=O)OC. The number of rotatable bonds is 6. The molecule has 0 aromatic carbocycles. The van der Waals surface area contributed by atoms with Crippen LogP contribution in [0.2, 0.25) is 0 Å². The second-order valence-corrected chi connectivity index (χ2v) is 3.89. The van der Waals surface area contributed by atoms with Gasteiger partial charge in [-0.15, -0.1) is 0 Å². The van der Waals surface area contributed by atoms with E-state index in [0.29, 0.717) is 5.92 Å². The van der Waals surface area contributed by atoms with Gasteiger partial charge in [-0.2, -0.15) is 0 Å². The summed E-state index contributed by atoms with van der Waals surface area (Å²) in [5, 5.41) is 3.11. The van der Waals surface area contributed by atoms with Crippen molar-refractivity contribution in [2.24, 2.45) is 5.92 Å². The van der Waals surface area contributed by atoms with Crippen molar-refractivity contribution < 1.29 is 9.53 Å². The van der Waals surface area contributed by atoms with Crippen LogP contribution in [0.4, 0.5) is 0 Å². The zero-order valence-electron chi connectivity index (χ0n) is 10.0. The fourth-order valence-corrected chi connectivity index (χ4v) is 1.69. The van der Waals surface area contributed by atoms with Crippen LogP contribution in [0.5, 0.6) is 0 Å². The van der Waals surface area contributed by atoms with E-state index in [9.17, 15) is 4.79 Å². The molecule has 0 aliphatic heterocycles. The quantitative estimate of drug-likeness (QED) is 0.668. The van der Waals surface area contributed by atoms with Crippen LogP contribution in [0.3, 0.4) is 0 Å². The van der Waals surface area contributed by atoms with E-state index in [1.165, 1.54) is 7.11 Å². The highest BCUT2D eigenvalue weighted by atomic mass is 16.5. The summed E-state index contributed by atoms with van der Waals surface area (Å²) in [7, 11) is 3.27. The molecule has 3 nitrogen and oxygen atoms in total. The Labute approximate surface area is 87.2 Å². The highest BCUT2D eigenvalue weighted by Crippen LogP contribution is 2.23. The molecule has 0 aliphatic carbocycles. The lowest BCUT2D eigenvalue weighted by molar-refractivity contribution is -0.149. The van der Waals surface area contributed by atoms with E-state index in [2.05, 4.69) is 19.2 Å². The van der Waals surface area contributed by atoms with Gasteiger partial charge in [0.25, 0.3) is 0 Å². The van der Waals surface area contributed by atoms with E-state index in [1.807, 2.05) is 14.0 Å². The Balaban J connectivity index is 4.61. The molecule has 0 bridgehead atoms. The highest BCUT2D eigenvalue weighted by molar-refractivity contribution is 5.80. The third-order valence-corrected chi connectivity index (χ3v) is 3.05. The molecular weight excluding hydrogens is 178 g/mol. The number of carbonyl (C=O) groups excluding carboxylic acids is 1. The molecule has 0 aromatic rings. The minimum Gasteiger partial charge on any atom is -0.468 e. The van der Waals surface area contributed by atoms with Gasteiger partial charge >= 0.3 is 5.97 Å². The molecule has 0 spiro atoms. The molecule has 0 radical (unpaired) electrons. The lowest BCUT2D eigenvalue weighted by Crippen LogP contribution is -2.51. The molecule has 0 saturated heterocycles. The first-order valence-electron chi connectivity index (χ1n) is 5.33. The van der Waals surface area contributed by atoms with Crippen molar-refractivity contribution in [1.29, 1.82) is 0 Å². The number of carbonyl (C=O) groups is 1. The smallest absolute Gasteiger partial charge is 0.326 e. The minimum atomic E-state index is -0.496. The van der Waals surface area contributed by atoms with E-state index in [1.54, 1.807) is 0 Å². The van der Waals surface area contributed by atoms with Gasteiger partial charge in [-0.05, 0) is 25.8 Å². The maximum Gasteiger partial charge on any atom is 0.326 e. The molecule has 0 heterocycles. The Morgan fingerprint density at radius 3 is 2.36 bits per heavy atom. The van der Waals surface area contributed by atoms with E-state index in [-0.39, 0.29) is 5.97 Å². The van der Waals surface area contributed by atoms with Gasteiger partial charge < -0.3 is 10.1 Å². The van der Waals surface area contributed by atoms with Crippen molar-refractivity contribution in [3.05, 3.63) is 0 Å². The largest absolute Gasteiger partial charge is 0.468 e. The molecule has 84 valence electrons. The van der Waals surface area contributed by atoms with Crippen LogP contribution in [0.25, 0.3) is 0 Å². The molecule has 0 aromatic heterocycles. The summed E-state index contributed by atoms with van der Waals surface area (Å²) in [5.74, 6) is 0.379. The predicted octanol–water partition coefficient (Wildman–Crippen LogP) is 1.96. The Morgan fingerprint density at radius 1 is 1.50 bits per heavy atom. The van der Waals surface area contributed by atoms with Crippen LogP contribution in [0, 0.1) is 5.92 Å². The number of nitrogens with one attached hydrogen (secondary N) is 1. The normalized spacial score (nSPS) is 17.2. The molecule has 0 aliphatic rings. The molecule has 0 rings (SSSR count). The van der Waals surface area contributed by atoms with Gasteiger partial charge in [0.1, 0.15) is 5.54 Å². The summed E-state index contributed by atoms with van der Waals surface area (Å²) in [6, 6.07) is 0. The van der Waals surface area contributed by atoms with E-state index < -0.39 is 5.54 Å². The Kier molecular flexibility index (Phi) is 5.77. The summed E-state index contributed by atoms with van der Waals surface area (Å²) in [6.07, 6.45) is 2.68. The first kappa shape index (κ1) is 13.4. The molecule has 1 N–H and O–H groups in total. The van der Waals surface area contributed by atoms with Crippen molar-refractivity contribution in [3.63, 3.8) is 0 Å². The van der Waals surface area contributed by atoms with Crippen molar-refractivity contribution >= 4 is 5.97 Å². The number of likely N-dealkylation sites (N-methyl/N-ethyl adjacent to an activating group) is 1. The number of ether oxygens (including phenoxy) is 1. The van der Waals surface area contributed by atoms with Crippen molar-refractivity contribution in [1.82, 2.24) is 5.32 Å². The van der Waals surface area contributed by atoms with Crippen LogP contribution in [-0.2, 0) is 9.53 Å². The molecule has 3 heteroatoms. The van der Waals surface area contributed by atoms with Crippen molar-refractivity contribution in [2.45, 2.75) is 45.6 Å². The lowest BCUT2D eigenvalue weighted by atomic mass is 9.85.